The number of rotatable bonds is 7. The Morgan fingerprint density at radius 2 is 1.96 bits per heavy atom. The molecule has 1 aromatic heterocycles. The molecule has 0 amide bonds. The summed E-state index contributed by atoms with van der Waals surface area (Å²) in [4.78, 5) is 15.5. The van der Waals surface area contributed by atoms with E-state index < -0.39 is 12.1 Å². The van der Waals surface area contributed by atoms with Crippen molar-refractivity contribution in [2.45, 2.75) is 25.9 Å². The first-order valence-corrected chi connectivity index (χ1v) is 8.98. The summed E-state index contributed by atoms with van der Waals surface area (Å²) in [6.45, 7) is 1.92. The first-order chi connectivity index (χ1) is 12.0. The Labute approximate surface area is 153 Å². The summed E-state index contributed by atoms with van der Waals surface area (Å²) in [6.07, 6.45) is 0.354. The van der Waals surface area contributed by atoms with Crippen LogP contribution in [0.1, 0.15) is 19.8 Å². The number of carboxylic acid groups (broad SMARTS) is 1. The molecule has 0 saturated carbocycles. The number of aromatic nitrogens is 1. The van der Waals surface area contributed by atoms with Gasteiger partial charge in [0.2, 0.25) is 0 Å². The SMILES string of the molecule is CCCC(Oc1ccc(Oc2nc3ccc(Cl)cc3s2)cc1)C(=O)O. The second-order valence-electron chi connectivity index (χ2n) is 5.40. The van der Waals surface area contributed by atoms with Crippen LogP contribution in [0.5, 0.6) is 16.7 Å². The number of aliphatic carboxylic acids is 1. The van der Waals surface area contributed by atoms with Crippen molar-refractivity contribution in [2.75, 3.05) is 0 Å². The molecule has 3 aromatic rings. The van der Waals surface area contributed by atoms with Crippen LogP contribution in [0.4, 0.5) is 0 Å². The fraction of sp³-hybridized carbons (Fsp3) is 0.222. The van der Waals surface area contributed by atoms with Gasteiger partial charge in [-0.05, 0) is 48.9 Å². The number of carboxylic acids is 1. The molecule has 0 spiro atoms. The van der Waals surface area contributed by atoms with Gasteiger partial charge in [0.15, 0.2) is 6.10 Å². The molecule has 7 heteroatoms. The number of halogens is 1. The lowest BCUT2D eigenvalue weighted by molar-refractivity contribution is -0.145. The van der Waals surface area contributed by atoms with Crippen LogP contribution in [0.15, 0.2) is 42.5 Å². The average Bonchev–Trinajstić information content (AvgIpc) is 2.97. The van der Waals surface area contributed by atoms with Gasteiger partial charge in [0, 0.05) is 5.02 Å². The monoisotopic (exact) mass is 377 g/mol. The molecule has 25 heavy (non-hydrogen) atoms. The molecule has 1 atom stereocenters. The minimum Gasteiger partial charge on any atom is -0.479 e. The van der Waals surface area contributed by atoms with Crippen LogP contribution >= 0.6 is 22.9 Å². The number of hydrogen-bond donors (Lipinski definition) is 1. The number of thiazole rings is 1. The number of fused-ring (bicyclic) bond motifs is 1. The molecule has 1 heterocycles. The highest BCUT2D eigenvalue weighted by Crippen LogP contribution is 2.33. The maximum Gasteiger partial charge on any atom is 0.344 e. The van der Waals surface area contributed by atoms with E-state index in [0.29, 0.717) is 28.1 Å². The minimum atomic E-state index is -0.963. The van der Waals surface area contributed by atoms with Crippen molar-refractivity contribution in [3.8, 4) is 16.7 Å². The molecule has 1 unspecified atom stereocenters. The summed E-state index contributed by atoms with van der Waals surface area (Å²) in [6, 6.07) is 12.3. The second kappa shape index (κ2) is 7.72. The van der Waals surface area contributed by atoms with E-state index in [0.717, 1.165) is 16.6 Å². The first-order valence-electron chi connectivity index (χ1n) is 7.78. The quantitative estimate of drug-likeness (QED) is 0.599. The molecule has 1 N–H and O–H groups in total. The molecule has 2 aromatic carbocycles. The van der Waals surface area contributed by atoms with Crippen molar-refractivity contribution >= 4 is 39.1 Å². The number of ether oxygens (including phenoxy) is 2. The first kappa shape index (κ1) is 17.5. The average molecular weight is 378 g/mol. The molecular weight excluding hydrogens is 362 g/mol. The van der Waals surface area contributed by atoms with E-state index in [1.165, 1.54) is 11.3 Å². The Bertz CT molecular complexity index is 878. The van der Waals surface area contributed by atoms with Crippen LogP contribution in [0.2, 0.25) is 5.02 Å². The van der Waals surface area contributed by atoms with E-state index in [1.807, 2.05) is 19.1 Å². The molecule has 5 nitrogen and oxygen atoms in total. The largest absolute Gasteiger partial charge is 0.479 e. The van der Waals surface area contributed by atoms with Crippen LogP contribution in [0, 0.1) is 0 Å². The number of nitrogens with zero attached hydrogens (tertiary/aromatic N) is 1. The third kappa shape index (κ3) is 4.41. The van der Waals surface area contributed by atoms with Crippen molar-refractivity contribution in [2.24, 2.45) is 0 Å². The van der Waals surface area contributed by atoms with Gasteiger partial charge in [-0.25, -0.2) is 9.78 Å². The van der Waals surface area contributed by atoms with Gasteiger partial charge in [-0.15, -0.1) is 0 Å². The molecular formula is C18H16ClNO4S. The Balaban J connectivity index is 1.70. The summed E-state index contributed by atoms with van der Waals surface area (Å²) < 4.78 is 12.2. The van der Waals surface area contributed by atoms with Gasteiger partial charge in [-0.1, -0.05) is 36.3 Å². The van der Waals surface area contributed by atoms with E-state index in [-0.39, 0.29) is 0 Å². The van der Waals surface area contributed by atoms with Gasteiger partial charge in [0.25, 0.3) is 5.19 Å². The van der Waals surface area contributed by atoms with Crippen LogP contribution in [-0.2, 0) is 4.79 Å². The summed E-state index contributed by atoms with van der Waals surface area (Å²) >= 11 is 7.38. The molecule has 0 bridgehead atoms. The van der Waals surface area contributed by atoms with Crippen molar-refractivity contribution in [3.05, 3.63) is 47.5 Å². The predicted molar refractivity (Wildman–Crippen MR) is 98.1 cm³/mol. The summed E-state index contributed by atoms with van der Waals surface area (Å²) in [5.41, 5.74) is 0.827. The number of carbonyl (C=O) groups is 1. The normalized spacial score (nSPS) is 12.1. The van der Waals surface area contributed by atoms with Crippen molar-refractivity contribution < 1.29 is 19.4 Å². The third-order valence-electron chi connectivity index (χ3n) is 3.46. The van der Waals surface area contributed by atoms with Gasteiger partial charge in [0.1, 0.15) is 11.5 Å². The van der Waals surface area contributed by atoms with Crippen LogP contribution < -0.4 is 9.47 Å². The second-order valence-corrected chi connectivity index (χ2v) is 6.83. The van der Waals surface area contributed by atoms with Gasteiger partial charge < -0.3 is 14.6 Å². The highest BCUT2D eigenvalue weighted by atomic mass is 35.5. The van der Waals surface area contributed by atoms with E-state index in [1.54, 1.807) is 30.3 Å². The number of benzene rings is 2. The maximum atomic E-state index is 11.1. The lowest BCUT2D eigenvalue weighted by Crippen LogP contribution is -2.26. The molecule has 0 radical (unpaired) electrons. The molecule has 0 aliphatic rings. The predicted octanol–water partition coefficient (Wildman–Crippen LogP) is 5.37. The molecule has 0 saturated heterocycles. The van der Waals surface area contributed by atoms with E-state index in [4.69, 9.17) is 26.2 Å². The zero-order valence-corrected chi connectivity index (χ0v) is 15.0. The zero-order valence-electron chi connectivity index (χ0n) is 13.4. The Hall–Kier alpha value is -2.31. The van der Waals surface area contributed by atoms with Crippen molar-refractivity contribution in [1.82, 2.24) is 4.98 Å². The summed E-state index contributed by atoms with van der Waals surface area (Å²) in [5.74, 6) is 0.125. The van der Waals surface area contributed by atoms with Crippen LogP contribution in [0.3, 0.4) is 0 Å². The molecule has 130 valence electrons. The van der Waals surface area contributed by atoms with Crippen LogP contribution in [0.25, 0.3) is 10.2 Å². The maximum absolute atomic E-state index is 11.1. The summed E-state index contributed by atoms with van der Waals surface area (Å²) in [5, 5.41) is 10.3. The molecule has 3 rings (SSSR count). The lowest BCUT2D eigenvalue weighted by atomic mass is 10.2. The van der Waals surface area contributed by atoms with E-state index >= 15 is 0 Å². The summed E-state index contributed by atoms with van der Waals surface area (Å²) in [7, 11) is 0. The molecule has 0 aliphatic heterocycles. The fourth-order valence-electron chi connectivity index (χ4n) is 2.27. The topological polar surface area (TPSA) is 68.7 Å². The van der Waals surface area contributed by atoms with E-state index in [2.05, 4.69) is 4.98 Å². The molecule has 0 aliphatic carbocycles. The highest BCUT2D eigenvalue weighted by molar-refractivity contribution is 7.20. The fourth-order valence-corrected chi connectivity index (χ4v) is 3.38. The Kier molecular flexibility index (Phi) is 5.40. The Morgan fingerprint density at radius 3 is 2.64 bits per heavy atom. The highest BCUT2D eigenvalue weighted by Gasteiger charge is 2.18. The minimum absolute atomic E-state index is 0.460. The van der Waals surface area contributed by atoms with Crippen LogP contribution in [-0.4, -0.2) is 22.2 Å². The number of hydrogen-bond acceptors (Lipinski definition) is 5. The van der Waals surface area contributed by atoms with Crippen molar-refractivity contribution in [1.29, 1.82) is 0 Å². The molecule has 0 fully saturated rings. The van der Waals surface area contributed by atoms with E-state index in [9.17, 15) is 4.79 Å². The van der Waals surface area contributed by atoms with Gasteiger partial charge >= 0.3 is 5.97 Å². The van der Waals surface area contributed by atoms with Crippen molar-refractivity contribution in [3.63, 3.8) is 0 Å². The van der Waals surface area contributed by atoms with Gasteiger partial charge in [0.05, 0.1) is 10.2 Å². The third-order valence-corrected chi connectivity index (χ3v) is 4.60. The lowest BCUT2D eigenvalue weighted by Gasteiger charge is -2.14. The Morgan fingerprint density at radius 1 is 1.24 bits per heavy atom. The van der Waals surface area contributed by atoms with Gasteiger partial charge in [-0.2, -0.15) is 0 Å². The smallest absolute Gasteiger partial charge is 0.344 e. The van der Waals surface area contributed by atoms with Gasteiger partial charge in [-0.3, -0.25) is 0 Å². The standard InChI is InChI=1S/C18H16ClNO4S/c1-2-3-15(17(21)22)23-12-5-7-13(8-6-12)24-18-20-14-9-4-11(19)10-16(14)25-18/h4-10,15H,2-3H2,1H3,(H,21,22). The zero-order chi connectivity index (χ0) is 17.8.